The molecular weight excluding hydrogens is 236 g/mol. The zero-order chi connectivity index (χ0) is 14.0. The van der Waals surface area contributed by atoms with Crippen molar-refractivity contribution in [3.63, 3.8) is 0 Å². The predicted octanol–water partition coefficient (Wildman–Crippen LogP) is 3.20. The molecule has 1 fully saturated rings. The molecule has 1 aliphatic rings. The van der Waals surface area contributed by atoms with E-state index in [0.29, 0.717) is 11.3 Å². The molecule has 3 heteroatoms. The van der Waals surface area contributed by atoms with E-state index >= 15 is 0 Å². The number of carbonyl (C=O) groups excluding carboxylic acids is 1. The highest BCUT2D eigenvalue weighted by atomic mass is 16.1. The van der Waals surface area contributed by atoms with E-state index in [9.17, 15) is 4.79 Å². The molecule has 0 aromatic heterocycles. The summed E-state index contributed by atoms with van der Waals surface area (Å²) >= 11 is 0. The molecule has 0 atom stereocenters. The van der Waals surface area contributed by atoms with E-state index in [1.54, 1.807) is 0 Å². The van der Waals surface area contributed by atoms with Gasteiger partial charge in [-0.1, -0.05) is 25.5 Å². The van der Waals surface area contributed by atoms with Crippen molar-refractivity contribution in [2.75, 3.05) is 18.9 Å². The van der Waals surface area contributed by atoms with Gasteiger partial charge in [0, 0.05) is 19.3 Å². The first-order chi connectivity index (χ1) is 8.98. The molecule has 0 aliphatic heterocycles. The highest BCUT2D eigenvalue weighted by Gasteiger charge is 2.45. The zero-order valence-corrected chi connectivity index (χ0v) is 12.3. The summed E-state index contributed by atoms with van der Waals surface area (Å²) in [4.78, 5) is 12.3. The molecular formula is C16H24N2O. The van der Waals surface area contributed by atoms with Gasteiger partial charge >= 0.3 is 0 Å². The zero-order valence-electron chi connectivity index (χ0n) is 12.3. The third kappa shape index (κ3) is 2.91. The van der Waals surface area contributed by atoms with Gasteiger partial charge in [-0.05, 0) is 43.2 Å². The van der Waals surface area contributed by atoms with Gasteiger partial charge in [-0.25, -0.2) is 0 Å². The monoisotopic (exact) mass is 260 g/mol. The van der Waals surface area contributed by atoms with Crippen molar-refractivity contribution in [3.05, 3.63) is 29.3 Å². The third-order valence-corrected chi connectivity index (χ3v) is 4.41. The summed E-state index contributed by atoms with van der Waals surface area (Å²) < 4.78 is 0. The van der Waals surface area contributed by atoms with Gasteiger partial charge in [0.25, 0.3) is 5.91 Å². The molecule has 104 valence electrons. The number of aryl methyl sites for hydroxylation is 1. The Balaban J connectivity index is 2.06. The summed E-state index contributed by atoms with van der Waals surface area (Å²) in [6, 6.07) is 5.91. The first-order valence-corrected chi connectivity index (χ1v) is 7.05. The molecule has 1 aliphatic carbocycles. The summed E-state index contributed by atoms with van der Waals surface area (Å²) in [5.41, 5.74) is 3.08. The minimum Gasteiger partial charge on any atom is -0.387 e. The lowest BCUT2D eigenvalue weighted by Gasteiger charge is -2.20. The largest absolute Gasteiger partial charge is 0.387 e. The van der Waals surface area contributed by atoms with Gasteiger partial charge in [0.2, 0.25) is 0 Å². The third-order valence-electron chi connectivity index (χ3n) is 4.41. The summed E-state index contributed by atoms with van der Waals surface area (Å²) in [6.07, 6.45) is 2.47. The van der Waals surface area contributed by atoms with E-state index in [1.807, 2.05) is 32.2 Å². The van der Waals surface area contributed by atoms with Crippen molar-refractivity contribution in [3.8, 4) is 0 Å². The summed E-state index contributed by atoms with van der Waals surface area (Å²) in [5.74, 6) is 0.661. The number of nitrogens with one attached hydrogen (secondary N) is 2. The van der Waals surface area contributed by atoms with Crippen LogP contribution < -0.4 is 10.6 Å². The van der Waals surface area contributed by atoms with Crippen molar-refractivity contribution in [1.82, 2.24) is 5.32 Å². The molecule has 1 aromatic rings. The lowest BCUT2D eigenvalue weighted by atomic mass is 9.92. The molecule has 1 saturated carbocycles. The average Bonchev–Trinajstić information content (AvgIpc) is 3.17. The first kappa shape index (κ1) is 13.9. The first-order valence-electron chi connectivity index (χ1n) is 7.05. The van der Waals surface area contributed by atoms with Crippen molar-refractivity contribution in [2.45, 2.75) is 33.6 Å². The van der Waals surface area contributed by atoms with Crippen LogP contribution in [0.15, 0.2) is 18.2 Å². The van der Waals surface area contributed by atoms with Crippen LogP contribution in [-0.2, 0) is 0 Å². The van der Waals surface area contributed by atoms with Crippen molar-refractivity contribution in [1.29, 1.82) is 0 Å². The molecule has 19 heavy (non-hydrogen) atoms. The molecule has 0 spiro atoms. The smallest absolute Gasteiger partial charge is 0.253 e. The fourth-order valence-corrected chi connectivity index (χ4v) is 2.53. The minimum atomic E-state index is 0.0278. The molecule has 3 nitrogen and oxygen atoms in total. The Morgan fingerprint density at radius 1 is 1.37 bits per heavy atom. The van der Waals surface area contributed by atoms with Crippen LogP contribution in [0.4, 0.5) is 5.69 Å². The Morgan fingerprint density at radius 3 is 2.58 bits per heavy atom. The van der Waals surface area contributed by atoms with Crippen LogP contribution >= 0.6 is 0 Å². The fourth-order valence-electron chi connectivity index (χ4n) is 2.53. The van der Waals surface area contributed by atoms with Crippen LogP contribution in [0.2, 0.25) is 0 Å². The van der Waals surface area contributed by atoms with Gasteiger partial charge in [0.15, 0.2) is 0 Å². The predicted molar refractivity (Wildman–Crippen MR) is 79.6 cm³/mol. The van der Waals surface area contributed by atoms with E-state index in [2.05, 4.69) is 24.5 Å². The van der Waals surface area contributed by atoms with Gasteiger partial charge in [-0.3, -0.25) is 4.79 Å². The summed E-state index contributed by atoms with van der Waals surface area (Å²) in [6.45, 7) is 7.28. The highest BCUT2D eigenvalue weighted by molar-refractivity contribution is 5.99. The SMILES string of the molecule is CNc1ccc(C)cc1C(=O)NCC1(C(C)C)CC1. The van der Waals surface area contributed by atoms with E-state index < -0.39 is 0 Å². The molecule has 0 unspecified atom stereocenters. The van der Waals surface area contributed by atoms with Crippen LogP contribution in [-0.4, -0.2) is 19.5 Å². The number of hydrogen-bond acceptors (Lipinski definition) is 2. The van der Waals surface area contributed by atoms with Crippen LogP contribution in [0, 0.1) is 18.3 Å². The maximum absolute atomic E-state index is 12.3. The maximum atomic E-state index is 12.3. The Labute approximate surface area is 115 Å². The molecule has 1 aromatic carbocycles. The van der Waals surface area contributed by atoms with Gasteiger partial charge in [-0.15, -0.1) is 0 Å². The molecule has 0 saturated heterocycles. The number of carbonyl (C=O) groups is 1. The van der Waals surface area contributed by atoms with Crippen molar-refractivity contribution < 1.29 is 4.79 Å². The second-order valence-electron chi connectivity index (χ2n) is 6.00. The Hall–Kier alpha value is -1.51. The van der Waals surface area contributed by atoms with Gasteiger partial charge in [0.05, 0.1) is 5.56 Å². The van der Waals surface area contributed by atoms with Crippen LogP contribution in [0.25, 0.3) is 0 Å². The van der Waals surface area contributed by atoms with E-state index in [1.165, 1.54) is 12.8 Å². The van der Waals surface area contributed by atoms with Gasteiger partial charge in [0.1, 0.15) is 0 Å². The molecule has 0 radical (unpaired) electrons. The molecule has 0 bridgehead atoms. The number of amides is 1. The number of benzene rings is 1. The number of anilines is 1. The van der Waals surface area contributed by atoms with E-state index in [-0.39, 0.29) is 5.91 Å². The maximum Gasteiger partial charge on any atom is 0.253 e. The molecule has 1 amide bonds. The molecule has 0 heterocycles. The molecule has 2 rings (SSSR count). The van der Waals surface area contributed by atoms with Gasteiger partial charge in [-0.2, -0.15) is 0 Å². The lowest BCUT2D eigenvalue weighted by Crippen LogP contribution is -2.33. The standard InChI is InChI=1S/C16H24N2O/c1-11(2)16(7-8-16)10-18-15(19)13-9-12(3)5-6-14(13)17-4/h5-6,9,11,17H,7-8,10H2,1-4H3,(H,18,19). The second-order valence-corrected chi connectivity index (χ2v) is 6.00. The minimum absolute atomic E-state index is 0.0278. The lowest BCUT2D eigenvalue weighted by molar-refractivity contribution is 0.0940. The average molecular weight is 260 g/mol. The summed E-state index contributed by atoms with van der Waals surface area (Å²) in [5, 5.41) is 6.18. The fraction of sp³-hybridized carbons (Fsp3) is 0.562. The van der Waals surface area contributed by atoms with Crippen LogP contribution in [0.1, 0.15) is 42.6 Å². The van der Waals surface area contributed by atoms with Crippen molar-refractivity contribution in [2.24, 2.45) is 11.3 Å². The molecule has 2 N–H and O–H groups in total. The Bertz CT molecular complexity index is 476. The Kier molecular flexibility index (Phi) is 3.83. The topological polar surface area (TPSA) is 41.1 Å². The van der Waals surface area contributed by atoms with E-state index in [0.717, 1.165) is 23.4 Å². The Morgan fingerprint density at radius 2 is 2.05 bits per heavy atom. The highest BCUT2D eigenvalue weighted by Crippen LogP contribution is 2.51. The van der Waals surface area contributed by atoms with Crippen LogP contribution in [0.5, 0.6) is 0 Å². The summed E-state index contributed by atoms with van der Waals surface area (Å²) in [7, 11) is 1.85. The van der Waals surface area contributed by atoms with Crippen molar-refractivity contribution >= 4 is 11.6 Å². The number of hydrogen-bond donors (Lipinski definition) is 2. The van der Waals surface area contributed by atoms with E-state index in [4.69, 9.17) is 0 Å². The number of rotatable bonds is 5. The second kappa shape index (κ2) is 5.24. The van der Waals surface area contributed by atoms with Crippen LogP contribution in [0.3, 0.4) is 0 Å². The quantitative estimate of drug-likeness (QED) is 0.853. The van der Waals surface area contributed by atoms with Gasteiger partial charge < -0.3 is 10.6 Å². The normalized spacial score (nSPS) is 16.3.